The van der Waals surface area contributed by atoms with Crippen molar-refractivity contribution in [2.45, 2.75) is 52.7 Å². The molecule has 4 rings (SSSR count). The normalized spacial score (nSPS) is 17.0. The largest absolute Gasteiger partial charge is 0.690 e. The van der Waals surface area contributed by atoms with Crippen molar-refractivity contribution in [3.05, 3.63) is 41.9 Å². The average Bonchev–Trinajstić information content (AvgIpc) is 2.92. The van der Waals surface area contributed by atoms with Gasteiger partial charge in [0.2, 0.25) is 0 Å². The van der Waals surface area contributed by atoms with E-state index in [-0.39, 0.29) is 23.8 Å². The van der Waals surface area contributed by atoms with Gasteiger partial charge in [-0.15, -0.1) is 4.86 Å². The second kappa shape index (κ2) is 12.1. The molecule has 222 valence electrons. The van der Waals surface area contributed by atoms with Gasteiger partial charge < -0.3 is 34.3 Å². The summed E-state index contributed by atoms with van der Waals surface area (Å²) in [7, 11) is 0. The van der Waals surface area contributed by atoms with E-state index in [0.29, 0.717) is 57.2 Å². The summed E-state index contributed by atoms with van der Waals surface area (Å²) in [5.74, 6) is 0.408. The minimum absolute atomic E-state index is 0.144. The van der Waals surface area contributed by atoms with Crippen molar-refractivity contribution >= 4 is 35.2 Å². The zero-order valence-electron chi connectivity index (χ0n) is 24.7. The van der Waals surface area contributed by atoms with Gasteiger partial charge in [-0.25, -0.2) is 14.6 Å². The van der Waals surface area contributed by atoms with Crippen LogP contribution in [0, 0.1) is 5.21 Å². The van der Waals surface area contributed by atoms with Crippen LogP contribution in [-0.4, -0.2) is 100 Å². The summed E-state index contributed by atoms with van der Waals surface area (Å²) in [6.45, 7) is 15.9. The summed E-state index contributed by atoms with van der Waals surface area (Å²) in [6, 6.07) is 6.97. The Hall–Kier alpha value is -4.16. The predicted octanol–water partition coefficient (Wildman–Crippen LogP) is 4.52. The first kappa shape index (κ1) is 29.8. The Kier molecular flexibility index (Phi) is 8.83. The second-order valence-electron chi connectivity index (χ2n) is 12.0. The standard InChI is InChI=1S/C28H40N8O5/c1-27(2,3)40-25(37)34-15-11-32(12-16-34)21-7-9-23(29-19-21)31-36(39)24-10-8-22(20-30-24)33-13-17-35(18-14-33)26(38)41-28(4,5)6/h7-10,19-20H,11-18H2,1-6H3. The van der Waals surface area contributed by atoms with Crippen LogP contribution in [-0.2, 0) is 9.47 Å². The zero-order valence-corrected chi connectivity index (χ0v) is 24.7. The molecule has 41 heavy (non-hydrogen) atoms. The number of carbonyl (C=O) groups excluding carboxylic acids is 2. The number of piperazine rings is 2. The molecule has 0 spiro atoms. The first-order valence-corrected chi connectivity index (χ1v) is 13.8. The lowest BCUT2D eigenvalue weighted by molar-refractivity contribution is -0.439. The Morgan fingerprint density at radius 2 is 1.17 bits per heavy atom. The highest BCUT2D eigenvalue weighted by Gasteiger charge is 2.27. The fourth-order valence-corrected chi connectivity index (χ4v) is 4.39. The smallest absolute Gasteiger partial charge is 0.410 e. The first-order valence-electron chi connectivity index (χ1n) is 13.8. The zero-order chi connectivity index (χ0) is 29.8. The van der Waals surface area contributed by atoms with Crippen LogP contribution in [0.15, 0.2) is 41.8 Å². The molecule has 13 nitrogen and oxygen atoms in total. The summed E-state index contributed by atoms with van der Waals surface area (Å²) in [6.07, 6.45) is 2.69. The number of amides is 2. The van der Waals surface area contributed by atoms with E-state index >= 15 is 0 Å². The van der Waals surface area contributed by atoms with Crippen LogP contribution in [0.1, 0.15) is 41.5 Å². The third kappa shape index (κ3) is 8.41. The van der Waals surface area contributed by atoms with Crippen LogP contribution in [0.25, 0.3) is 0 Å². The van der Waals surface area contributed by atoms with Gasteiger partial charge in [0.25, 0.3) is 0 Å². The van der Waals surface area contributed by atoms with Gasteiger partial charge in [-0.1, -0.05) is 5.11 Å². The molecular weight excluding hydrogens is 528 g/mol. The molecular formula is C28H40N8O5. The van der Waals surface area contributed by atoms with E-state index in [9.17, 15) is 14.8 Å². The monoisotopic (exact) mass is 568 g/mol. The molecule has 0 radical (unpaired) electrons. The molecule has 0 aromatic carbocycles. The summed E-state index contributed by atoms with van der Waals surface area (Å²) >= 11 is 0. The quantitative estimate of drug-likeness (QED) is 0.297. The molecule has 0 unspecified atom stereocenters. The van der Waals surface area contributed by atoms with Gasteiger partial charge in [0.15, 0.2) is 12.0 Å². The lowest BCUT2D eigenvalue weighted by atomic mass is 10.2. The first-order chi connectivity index (χ1) is 19.3. The minimum Gasteiger partial charge on any atom is -0.690 e. The van der Waals surface area contributed by atoms with Crippen LogP contribution in [0.5, 0.6) is 0 Å². The van der Waals surface area contributed by atoms with Crippen molar-refractivity contribution in [2.75, 3.05) is 62.2 Å². The number of hydrogen-bond acceptors (Lipinski definition) is 10. The molecule has 13 heteroatoms. The molecule has 2 amide bonds. The minimum atomic E-state index is -0.527. The van der Waals surface area contributed by atoms with E-state index in [1.54, 1.807) is 34.3 Å². The highest BCUT2D eigenvalue weighted by molar-refractivity contribution is 5.69. The van der Waals surface area contributed by atoms with Gasteiger partial charge in [0.05, 0.1) is 17.6 Å². The third-order valence-electron chi connectivity index (χ3n) is 6.45. The van der Waals surface area contributed by atoms with E-state index in [1.807, 2.05) is 53.7 Å². The molecule has 0 saturated carbocycles. The molecule has 0 bridgehead atoms. The summed E-state index contributed by atoms with van der Waals surface area (Å²) in [5, 5.41) is 16.7. The van der Waals surface area contributed by atoms with Gasteiger partial charge in [-0.3, -0.25) is 0 Å². The molecule has 2 aliphatic rings. The number of carbonyl (C=O) groups is 2. The number of aromatic nitrogens is 2. The van der Waals surface area contributed by atoms with E-state index in [0.717, 1.165) is 11.4 Å². The molecule has 4 heterocycles. The number of nitrogens with zero attached hydrogens (tertiary/aromatic N) is 8. The molecule has 2 aliphatic heterocycles. The Bertz CT molecular complexity index is 1220. The van der Waals surface area contributed by atoms with Crippen molar-refractivity contribution in [3.8, 4) is 0 Å². The number of rotatable bonds is 4. The van der Waals surface area contributed by atoms with Crippen LogP contribution >= 0.6 is 0 Å². The third-order valence-corrected chi connectivity index (χ3v) is 6.45. The Morgan fingerprint density at radius 1 is 0.732 bits per heavy atom. The van der Waals surface area contributed by atoms with Crippen LogP contribution in [0.3, 0.4) is 0 Å². The number of anilines is 2. The molecule has 2 saturated heterocycles. The van der Waals surface area contributed by atoms with E-state index in [1.165, 1.54) is 0 Å². The summed E-state index contributed by atoms with van der Waals surface area (Å²) in [4.78, 5) is 41.3. The molecule has 0 aliphatic carbocycles. The van der Waals surface area contributed by atoms with Crippen LogP contribution in [0.4, 0.5) is 32.6 Å². The molecule has 2 aromatic heterocycles. The van der Waals surface area contributed by atoms with Gasteiger partial charge in [0.1, 0.15) is 11.2 Å². The number of pyridine rings is 2. The fourth-order valence-electron chi connectivity index (χ4n) is 4.39. The molecule has 0 N–H and O–H groups in total. The number of azo groups is 1. The number of hydrogen-bond donors (Lipinski definition) is 0. The Morgan fingerprint density at radius 3 is 1.54 bits per heavy atom. The fraction of sp³-hybridized carbons (Fsp3) is 0.571. The number of ether oxygens (including phenoxy) is 2. The van der Waals surface area contributed by atoms with Crippen LogP contribution < -0.4 is 9.80 Å². The van der Waals surface area contributed by atoms with E-state index < -0.39 is 11.2 Å². The second-order valence-corrected chi connectivity index (χ2v) is 12.0. The van der Waals surface area contributed by atoms with Crippen LogP contribution in [0.2, 0.25) is 0 Å². The van der Waals surface area contributed by atoms with E-state index in [2.05, 4.69) is 24.9 Å². The maximum atomic E-state index is 12.6. The van der Waals surface area contributed by atoms with Gasteiger partial charge in [-0.2, -0.15) is 0 Å². The average molecular weight is 569 g/mol. The van der Waals surface area contributed by atoms with Gasteiger partial charge in [-0.05, 0) is 64.7 Å². The predicted molar refractivity (Wildman–Crippen MR) is 154 cm³/mol. The molecule has 2 fully saturated rings. The van der Waals surface area contributed by atoms with Gasteiger partial charge >= 0.3 is 18.0 Å². The van der Waals surface area contributed by atoms with Crippen molar-refractivity contribution in [1.82, 2.24) is 19.8 Å². The summed E-state index contributed by atoms with van der Waals surface area (Å²) < 4.78 is 10.9. The maximum Gasteiger partial charge on any atom is 0.410 e. The highest BCUT2D eigenvalue weighted by atomic mass is 16.6. The van der Waals surface area contributed by atoms with Crippen molar-refractivity contribution < 1.29 is 23.9 Å². The Labute approximate surface area is 240 Å². The van der Waals surface area contributed by atoms with E-state index in [4.69, 9.17) is 9.47 Å². The van der Waals surface area contributed by atoms with Gasteiger partial charge in [0, 0.05) is 58.4 Å². The van der Waals surface area contributed by atoms with Crippen molar-refractivity contribution in [1.29, 1.82) is 0 Å². The van der Waals surface area contributed by atoms with Crippen molar-refractivity contribution in [3.63, 3.8) is 0 Å². The topological polar surface area (TPSA) is 130 Å². The summed E-state index contributed by atoms with van der Waals surface area (Å²) in [5.41, 5.74) is 0.700. The maximum absolute atomic E-state index is 12.6. The highest BCUT2D eigenvalue weighted by Crippen LogP contribution is 2.23. The SMILES string of the molecule is CC(C)(C)OC(=O)N1CCN(c2ccc(N=[N+]([O-])c3ccc(N4CCN(C(=O)OC(C)(C)C)CC4)cn3)nc2)CC1. The Balaban J connectivity index is 1.28. The lowest BCUT2D eigenvalue weighted by Crippen LogP contribution is -2.50. The van der Waals surface area contributed by atoms with Crippen molar-refractivity contribution in [2.24, 2.45) is 5.11 Å². The molecule has 0 atom stereocenters. The lowest BCUT2D eigenvalue weighted by Gasteiger charge is -2.36. The molecule has 2 aromatic rings.